The van der Waals surface area contributed by atoms with Crippen LogP contribution in [-0.4, -0.2) is 11.6 Å². The molecule has 1 aromatic rings. The Kier molecular flexibility index (Phi) is 2.99. The molecule has 5 heteroatoms. The van der Waals surface area contributed by atoms with E-state index in [0.717, 1.165) is 5.56 Å². The first-order valence-corrected chi connectivity index (χ1v) is 5.35. The molecule has 1 aliphatic rings. The first kappa shape index (κ1) is 11.2. The van der Waals surface area contributed by atoms with Gasteiger partial charge in [-0.15, -0.1) is 0 Å². The summed E-state index contributed by atoms with van der Waals surface area (Å²) in [5, 5.41) is 4.89. The van der Waals surface area contributed by atoms with Gasteiger partial charge >= 0.3 is 0 Å². The van der Waals surface area contributed by atoms with Crippen LogP contribution < -0.4 is 5.43 Å². The smallest absolute Gasteiger partial charge is 0.267 e. The van der Waals surface area contributed by atoms with Crippen LogP contribution in [0.2, 0.25) is 10.0 Å². The average Bonchev–Trinajstić information content (AvgIpc) is 2.53. The quantitative estimate of drug-likeness (QED) is 0.770. The molecule has 3 nitrogen and oxygen atoms in total. The molecule has 1 aromatic carbocycles. The molecule has 1 heterocycles. The van der Waals surface area contributed by atoms with Crippen molar-refractivity contribution < 1.29 is 4.79 Å². The fourth-order valence-electron chi connectivity index (χ4n) is 1.36. The van der Waals surface area contributed by atoms with Crippen molar-refractivity contribution in [3.63, 3.8) is 0 Å². The molecule has 16 heavy (non-hydrogen) atoms. The maximum absolute atomic E-state index is 11.4. The van der Waals surface area contributed by atoms with E-state index in [1.165, 1.54) is 0 Å². The molecule has 0 bridgehead atoms. The summed E-state index contributed by atoms with van der Waals surface area (Å²) < 4.78 is 0. The highest BCUT2D eigenvalue weighted by Gasteiger charge is 2.18. The van der Waals surface area contributed by atoms with E-state index >= 15 is 0 Å². The van der Waals surface area contributed by atoms with Gasteiger partial charge in [-0.1, -0.05) is 29.3 Å². The fourth-order valence-corrected chi connectivity index (χ4v) is 1.83. The summed E-state index contributed by atoms with van der Waals surface area (Å²) in [6.45, 7) is 1.76. The van der Waals surface area contributed by atoms with Crippen LogP contribution in [0, 0.1) is 0 Å². The minimum absolute atomic E-state index is 0.219. The molecule has 0 saturated heterocycles. The lowest BCUT2D eigenvalue weighted by Crippen LogP contribution is -2.12. The SMILES string of the molecule is CC1=NNC(=O)C1=Cc1ccc(Cl)cc1Cl. The number of carbonyl (C=O) groups excluding carboxylic acids is 1. The second-order valence-corrected chi connectivity index (χ2v) is 4.21. The van der Waals surface area contributed by atoms with Crippen LogP contribution >= 0.6 is 23.2 Å². The molecule has 2 rings (SSSR count). The van der Waals surface area contributed by atoms with Gasteiger partial charge < -0.3 is 0 Å². The molecule has 0 fully saturated rings. The van der Waals surface area contributed by atoms with Gasteiger partial charge in [0, 0.05) is 10.0 Å². The Morgan fingerprint density at radius 2 is 2.12 bits per heavy atom. The molecule has 1 amide bonds. The molecule has 0 aromatic heterocycles. The number of carbonyl (C=O) groups is 1. The van der Waals surface area contributed by atoms with Crippen LogP contribution in [0.15, 0.2) is 28.9 Å². The molecule has 1 N–H and O–H groups in total. The van der Waals surface area contributed by atoms with Crippen molar-refractivity contribution in [1.29, 1.82) is 0 Å². The minimum Gasteiger partial charge on any atom is -0.267 e. The number of hydrogen-bond acceptors (Lipinski definition) is 2. The zero-order valence-corrected chi connectivity index (χ0v) is 9.93. The standard InChI is InChI=1S/C11H8Cl2N2O/c1-6-9(11(16)15-14-6)4-7-2-3-8(12)5-10(7)13/h2-5H,1H3,(H,15,16). The maximum Gasteiger partial charge on any atom is 0.273 e. The summed E-state index contributed by atoms with van der Waals surface area (Å²) in [4.78, 5) is 11.4. The molecule has 0 unspecified atom stereocenters. The molecule has 0 aliphatic carbocycles. The Bertz CT molecular complexity index is 521. The molecule has 0 spiro atoms. The maximum atomic E-state index is 11.4. The second-order valence-electron chi connectivity index (χ2n) is 3.36. The van der Waals surface area contributed by atoms with Crippen molar-refractivity contribution in [2.24, 2.45) is 5.10 Å². The van der Waals surface area contributed by atoms with Gasteiger partial charge in [-0.3, -0.25) is 4.79 Å². The summed E-state index contributed by atoms with van der Waals surface area (Å²) in [6, 6.07) is 5.12. The average molecular weight is 255 g/mol. The van der Waals surface area contributed by atoms with Crippen LogP contribution in [-0.2, 0) is 4.79 Å². The highest BCUT2D eigenvalue weighted by atomic mass is 35.5. The van der Waals surface area contributed by atoms with Gasteiger partial charge in [-0.05, 0) is 30.7 Å². The van der Waals surface area contributed by atoms with Gasteiger partial charge in [-0.2, -0.15) is 5.10 Å². The molecular weight excluding hydrogens is 247 g/mol. The number of nitrogens with one attached hydrogen (secondary N) is 1. The van der Waals surface area contributed by atoms with Crippen molar-refractivity contribution in [3.05, 3.63) is 39.4 Å². The van der Waals surface area contributed by atoms with Crippen LogP contribution in [0.5, 0.6) is 0 Å². The van der Waals surface area contributed by atoms with Crippen LogP contribution in [0.3, 0.4) is 0 Å². The van der Waals surface area contributed by atoms with Crippen LogP contribution in [0.25, 0.3) is 6.08 Å². The predicted molar refractivity (Wildman–Crippen MR) is 65.7 cm³/mol. The Hall–Kier alpha value is -1.32. The van der Waals surface area contributed by atoms with E-state index in [4.69, 9.17) is 23.2 Å². The normalized spacial score (nSPS) is 17.6. The van der Waals surface area contributed by atoms with Gasteiger partial charge in [0.1, 0.15) is 0 Å². The molecule has 1 aliphatic heterocycles. The number of rotatable bonds is 1. The first-order chi connectivity index (χ1) is 7.58. The Labute approximate surface area is 103 Å². The van der Waals surface area contributed by atoms with Crippen molar-refractivity contribution in [3.8, 4) is 0 Å². The van der Waals surface area contributed by atoms with E-state index in [1.807, 2.05) is 0 Å². The van der Waals surface area contributed by atoms with E-state index in [9.17, 15) is 4.79 Å². The first-order valence-electron chi connectivity index (χ1n) is 4.59. The van der Waals surface area contributed by atoms with Crippen LogP contribution in [0.1, 0.15) is 12.5 Å². The zero-order valence-electron chi connectivity index (χ0n) is 8.42. The molecule has 0 saturated carbocycles. The van der Waals surface area contributed by atoms with E-state index < -0.39 is 0 Å². The van der Waals surface area contributed by atoms with E-state index in [0.29, 0.717) is 21.3 Å². The number of hydrazone groups is 1. The molecule has 82 valence electrons. The van der Waals surface area contributed by atoms with Crippen molar-refractivity contribution in [2.75, 3.05) is 0 Å². The van der Waals surface area contributed by atoms with Crippen molar-refractivity contribution in [2.45, 2.75) is 6.92 Å². The topological polar surface area (TPSA) is 41.5 Å². The predicted octanol–water partition coefficient (Wildman–Crippen LogP) is 2.88. The zero-order chi connectivity index (χ0) is 11.7. The van der Waals surface area contributed by atoms with Gasteiger partial charge in [0.25, 0.3) is 5.91 Å². The van der Waals surface area contributed by atoms with E-state index in [2.05, 4.69) is 10.5 Å². The number of hydrogen-bond donors (Lipinski definition) is 1. The number of benzene rings is 1. The third-order valence-corrected chi connectivity index (χ3v) is 2.78. The summed E-state index contributed by atoms with van der Waals surface area (Å²) in [7, 11) is 0. The molecule has 0 radical (unpaired) electrons. The largest absolute Gasteiger partial charge is 0.273 e. The Morgan fingerprint density at radius 3 is 2.69 bits per heavy atom. The highest BCUT2D eigenvalue weighted by molar-refractivity contribution is 6.36. The van der Waals surface area contributed by atoms with Gasteiger partial charge in [-0.25, -0.2) is 5.43 Å². The lowest BCUT2D eigenvalue weighted by molar-refractivity contribution is -0.116. The number of halogens is 2. The fraction of sp³-hybridized carbons (Fsp3) is 0.0909. The number of nitrogens with zero attached hydrogens (tertiary/aromatic N) is 1. The monoisotopic (exact) mass is 254 g/mol. The second kappa shape index (κ2) is 4.28. The molecular formula is C11H8Cl2N2O. The summed E-state index contributed by atoms with van der Waals surface area (Å²) in [6.07, 6.45) is 1.69. The third-order valence-electron chi connectivity index (χ3n) is 2.22. The number of amides is 1. The third kappa shape index (κ3) is 2.10. The van der Waals surface area contributed by atoms with E-state index in [-0.39, 0.29) is 5.91 Å². The minimum atomic E-state index is -0.219. The van der Waals surface area contributed by atoms with Crippen molar-refractivity contribution in [1.82, 2.24) is 5.43 Å². The highest BCUT2D eigenvalue weighted by Crippen LogP contribution is 2.24. The Balaban J connectivity index is 2.43. The summed E-state index contributed by atoms with van der Waals surface area (Å²) in [5.74, 6) is -0.219. The lowest BCUT2D eigenvalue weighted by atomic mass is 10.1. The Morgan fingerprint density at radius 1 is 1.38 bits per heavy atom. The summed E-state index contributed by atoms with van der Waals surface area (Å²) >= 11 is 11.8. The van der Waals surface area contributed by atoms with Crippen LogP contribution in [0.4, 0.5) is 0 Å². The van der Waals surface area contributed by atoms with E-state index in [1.54, 1.807) is 31.2 Å². The van der Waals surface area contributed by atoms with Gasteiger partial charge in [0.15, 0.2) is 0 Å². The van der Waals surface area contributed by atoms with Crippen molar-refractivity contribution >= 4 is 40.9 Å². The molecule has 0 atom stereocenters. The van der Waals surface area contributed by atoms with Gasteiger partial charge in [0.05, 0.1) is 11.3 Å². The van der Waals surface area contributed by atoms with Gasteiger partial charge in [0.2, 0.25) is 0 Å². The lowest BCUT2D eigenvalue weighted by Gasteiger charge is -2.00. The summed E-state index contributed by atoms with van der Waals surface area (Å²) in [5.41, 5.74) is 4.29.